The molecule has 11 heteroatoms. The number of hydrogen-bond acceptors (Lipinski definition) is 5. The number of hydrogen-bond donors (Lipinski definition) is 0. The Hall–Kier alpha value is -2.79. The molecule has 0 amide bonds. The van der Waals surface area contributed by atoms with Crippen LogP contribution in [0.1, 0.15) is 30.2 Å². The summed E-state index contributed by atoms with van der Waals surface area (Å²) in [6.45, 7) is 0.0426. The molecule has 1 aliphatic rings. The molecule has 1 aromatic heterocycles. The van der Waals surface area contributed by atoms with Crippen molar-refractivity contribution in [1.82, 2.24) is 14.5 Å². The van der Waals surface area contributed by atoms with Gasteiger partial charge in [0.05, 0.1) is 10.5 Å². The van der Waals surface area contributed by atoms with Crippen molar-refractivity contribution in [3.63, 3.8) is 0 Å². The van der Waals surface area contributed by atoms with E-state index in [1.165, 1.54) is 30.3 Å². The molecule has 0 radical (unpaired) electrons. The van der Waals surface area contributed by atoms with E-state index in [2.05, 4.69) is 10.2 Å². The van der Waals surface area contributed by atoms with E-state index >= 15 is 0 Å². The van der Waals surface area contributed by atoms with E-state index < -0.39 is 32.5 Å². The average molecular weight is 455 g/mol. The maximum absolute atomic E-state index is 13.3. The second-order valence-corrected chi connectivity index (χ2v) is 9.03. The molecule has 3 aromatic rings. The van der Waals surface area contributed by atoms with Crippen LogP contribution < -0.4 is 0 Å². The van der Waals surface area contributed by atoms with Gasteiger partial charge in [0, 0.05) is 24.6 Å². The first-order valence-corrected chi connectivity index (χ1v) is 10.9. The molecular formula is C20H17F4N3O3S. The first kappa shape index (κ1) is 21.4. The third kappa shape index (κ3) is 4.33. The highest BCUT2D eigenvalue weighted by molar-refractivity contribution is 7.89. The van der Waals surface area contributed by atoms with Gasteiger partial charge in [0.1, 0.15) is 5.82 Å². The van der Waals surface area contributed by atoms with Crippen LogP contribution in [-0.2, 0) is 16.2 Å². The molecular weight excluding hydrogens is 438 g/mol. The van der Waals surface area contributed by atoms with Crippen LogP contribution in [0.25, 0.3) is 11.5 Å². The standard InChI is InChI=1S/C20H17F4N3O3S/c21-15-7-5-13(6-8-15)18-25-26-19(30-18)14-9-11-27(12-10-14)31(28,29)17-4-2-1-3-16(17)20(22,23)24/h1-8,14H,9-12H2. The molecule has 1 fully saturated rings. The van der Waals surface area contributed by atoms with Crippen molar-refractivity contribution in [1.29, 1.82) is 0 Å². The zero-order valence-electron chi connectivity index (χ0n) is 16.0. The molecule has 0 aliphatic carbocycles. The quantitative estimate of drug-likeness (QED) is 0.543. The van der Waals surface area contributed by atoms with Crippen molar-refractivity contribution in [2.75, 3.05) is 13.1 Å². The summed E-state index contributed by atoms with van der Waals surface area (Å²) >= 11 is 0. The summed E-state index contributed by atoms with van der Waals surface area (Å²) in [6, 6.07) is 9.68. The Morgan fingerprint density at radius 2 is 1.61 bits per heavy atom. The Bertz CT molecular complexity index is 1170. The molecule has 0 atom stereocenters. The van der Waals surface area contributed by atoms with Gasteiger partial charge in [-0.15, -0.1) is 10.2 Å². The van der Waals surface area contributed by atoms with Gasteiger partial charge in [-0.3, -0.25) is 0 Å². The minimum atomic E-state index is -4.78. The molecule has 6 nitrogen and oxygen atoms in total. The maximum atomic E-state index is 13.3. The van der Waals surface area contributed by atoms with E-state index in [0.29, 0.717) is 24.3 Å². The zero-order valence-corrected chi connectivity index (χ0v) is 16.8. The van der Waals surface area contributed by atoms with Crippen molar-refractivity contribution >= 4 is 10.0 Å². The van der Waals surface area contributed by atoms with Gasteiger partial charge in [0.2, 0.25) is 21.8 Å². The summed E-state index contributed by atoms with van der Waals surface area (Å²) in [5.41, 5.74) is -0.637. The molecule has 0 bridgehead atoms. The Morgan fingerprint density at radius 3 is 2.26 bits per heavy atom. The minimum Gasteiger partial charge on any atom is -0.420 e. The monoisotopic (exact) mass is 455 g/mol. The van der Waals surface area contributed by atoms with E-state index in [1.807, 2.05) is 0 Å². The highest BCUT2D eigenvalue weighted by Crippen LogP contribution is 2.37. The predicted molar refractivity (Wildman–Crippen MR) is 102 cm³/mol. The second kappa shape index (κ2) is 8.04. The van der Waals surface area contributed by atoms with E-state index in [9.17, 15) is 26.0 Å². The minimum absolute atomic E-state index is 0.0213. The highest BCUT2D eigenvalue weighted by atomic mass is 32.2. The lowest BCUT2D eigenvalue weighted by Crippen LogP contribution is -2.38. The molecule has 2 heterocycles. The Morgan fingerprint density at radius 1 is 0.968 bits per heavy atom. The molecule has 31 heavy (non-hydrogen) atoms. The summed E-state index contributed by atoms with van der Waals surface area (Å²) in [7, 11) is -4.31. The second-order valence-electron chi connectivity index (χ2n) is 7.12. The van der Waals surface area contributed by atoms with Crippen LogP contribution in [0.5, 0.6) is 0 Å². The number of benzene rings is 2. The van der Waals surface area contributed by atoms with Crippen LogP contribution in [0.4, 0.5) is 17.6 Å². The predicted octanol–water partition coefficient (Wildman–Crippen LogP) is 4.46. The van der Waals surface area contributed by atoms with Crippen molar-refractivity contribution < 1.29 is 30.4 Å². The third-order valence-electron chi connectivity index (χ3n) is 5.15. The number of alkyl halides is 3. The molecule has 0 spiro atoms. The smallest absolute Gasteiger partial charge is 0.417 e. The average Bonchev–Trinajstić information content (AvgIpc) is 3.24. The van der Waals surface area contributed by atoms with Crippen LogP contribution in [0, 0.1) is 5.82 Å². The number of sulfonamides is 1. The van der Waals surface area contributed by atoms with Gasteiger partial charge >= 0.3 is 6.18 Å². The lowest BCUT2D eigenvalue weighted by Gasteiger charge is -2.30. The van der Waals surface area contributed by atoms with Gasteiger partial charge in [0.15, 0.2) is 0 Å². The van der Waals surface area contributed by atoms with Crippen molar-refractivity contribution in [2.45, 2.75) is 29.8 Å². The van der Waals surface area contributed by atoms with E-state index in [-0.39, 0.29) is 24.9 Å². The van der Waals surface area contributed by atoms with Gasteiger partial charge in [-0.05, 0) is 49.2 Å². The third-order valence-corrected chi connectivity index (χ3v) is 7.10. The van der Waals surface area contributed by atoms with Crippen LogP contribution in [0.3, 0.4) is 0 Å². The first-order chi connectivity index (χ1) is 14.7. The van der Waals surface area contributed by atoms with Crippen LogP contribution in [0.2, 0.25) is 0 Å². The van der Waals surface area contributed by atoms with Crippen LogP contribution in [-0.4, -0.2) is 36.0 Å². The lowest BCUT2D eigenvalue weighted by molar-refractivity contribution is -0.139. The summed E-state index contributed by atoms with van der Waals surface area (Å²) in [6.07, 6.45) is -4.14. The van der Waals surface area contributed by atoms with Gasteiger partial charge in [-0.1, -0.05) is 12.1 Å². The fourth-order valence-corrected chi connectivity index (χ4v) is 5.20. The summed E-state index contributed by atoms with van der Waals surface area (Å²) in [5.74, 6) is -0.105. The number of halogens is 4. The van der Waals surface area contributed by atoms with Gasteiger partial charge in [-0.25, -0.2) is 12.8 Å². The maximum Gasteiger partial charge on any atom is 0.417 e. The molecule has 164 valence electrons. The molecule has 0 N–H and O–H groups in total. The number of aromatic nitrogens is 2. The van der Waals surface area contributed by atoms with Crippen molar-refractivity contribution in [2.24, 2.45) is 0 Å². The molecule has 0 saturated carbocycles. The number of nitrogens with zero attached hydrogens (tertiary/aromatic N) is 3. The Labute approximate surface area is 175 Å². The van der Waals surface area contributed by atoms with Crippen molar-refractivity contribution in [3.8, 4) is 11.5 Å². The van der Waals surface area contributed by atoms with E-state index in [4.69, 9.17) is 4.42 Å². The topological polar surface area (TPSA) is 76.3 Å². The molecule has 4 rings (SSSR count). The number of rotatable bonds is 4. The molecule has 1 saturated heterocycles. The lowest BCUT2D eigenvalue weighted by atomic mass is 9.98. The molecule has 1 aliphatic heterocycles. The molecule has 0 unspecified atom stereocenters. The van der Waals surface area contributed by atoms with E-state index in [0.717, 1.165) is 22.5 Å². The highest BCUT2D eigenvalue weighted by Gasteiger charge is 2.40. The fraction of sp³-hybridized carbons (Fsp3) is 0.300. The summed E-state index contributed by atoms with van der Waals surface area (Å²) in [4.78, 5) is -0.752. The SMILES string of the molecule is O=S(=O)(c1ccccc1C(F)(F)F)N1CCC(c2nnc(-c3ccc(F)cc3)o2)CC1. The van der Waals surface area contributed by atoms with E-state index in [1.54, 1.807) is 0 Å². The summed E-state index contributed by atoms with van der Waals surface area (Å²) in [5, 5.41) is 7.95. The number of piperidine rings is 1. The molecule has 2 aromatic carbocycles. The fourth-order valence-electron chi connectivity index (χ4n) is 3.52. The first-order valence-electron chi connectivity index (χ1n) is 9.42. The van der Waals surface area contributed by atoms with Crippen LogP contribution in [0.15, 0.2) is 57.8 Å². The Kier molecular flexibility index (Phi) is 5.56. The zero-order chi connectivity index (χ0) is 22.2. The van der Waals surface area contributed by atoms with Gasteiger partial charge < -0.3 is 4.42 Å². The largest absolute Gasteiger partial charge is 0.420 e. The van der Waals surface area contributed by atoms with Gasteiger partial charge in [-0.2, -0.15) is 17.5 Å². The normalized spacial score (nSPS) is 16.5. The van der Waals surface area contributed by atoms with Crippen molar-refractivity contribution in [3.05, 3.63) is 65.8 Å². The Balaban J connectivity index is 1.49. The van der Waals surface area contributed by atoms with Crippen LogP contribution >= 0.6 is 0 Å². The summed E-state index contributed by atoms with van der Waals surface area (Å²) < 4.78 is 85.3. The van der Waals surface area contributed by atoms with Gasteiger partial charge in [0.25, 0.3) is 0 Å².